The molecule has 23 heavy (non-hydrogen) atoms. The molecule has 1 amide bonds. The van der Waals surface area contributed by atoms with Gasteiger partial charge in [-0.15, -0.1) is 0 Å². The van der Waals surface area contributed by atoms with Crippen LogP contribution in [0, 0.1) is 0 Å². The van der Waals surface area contributed by atoms with E-state index in [1.807, 2.05) is 29.2 Å². The van der Waals surface area contributed by atoms with Gasteiger partial charge in [0, 0.05) is 38.6 Å². The first-order valence-corrected chi connectivity index (χ1v) is 7.87. The fourth-order valence-corrected chi connectivity index (χ4v) is 2.83. The van der Waals surface area contributed by atoms with E-state index in [4.69, 9.17) is 0 Å². The van der Waals surface area contributed by atoms with Crippen LogP contribution in [-0.4, -0.2) is 56.1 Å². The van der Waals surface area contributed by atoms with Gasteiger partial charge in [-0.25, -0.2) is 0 Å². The van der Waals surface area contributed by atoms with Crippen molar-refractivity contribution in [2.24, 2.45) is 0 Å². The third-order valence-corrected chi connectivity index (χ3v) is 4.08. The van der Waals surface area contributed by atoms with Crippen LogP contribution in [0.5, 0.6) is 0 Å². The second-order valence-corrected chi connectivity index (χ2v) is 5.98. The minimum absolute atomic E-state index is 0.0119. The molecular formula is C18H22N4O. The molecule has 1 aromatic heterocycles. The number of carbonyl (C=O) groups is 1. The normalized spacial score (nSPS) is 14.0. The van der Waals surface area contributed by atoms with Crippen molar-refractivity contribution in [1.82, 2.24) is 9.88 Å². The summed E-state index contributed by atoms with van der Waals surface area (Å²) >= 11 is 0. The smallest absolute Gasteiger partial charge is 0.259 e. The molecule has 0 atom stereocenters. The van der Waals surface area contributed by atoms with E-state index >= 15 is 0 Å². The average molecular weight is 310 g/mol. The van der Waals surface area contributed by atoms with E-state index < -0.39 is 0 Å². The lowest BCUT2D eigenvalue weighted by Crippen LogP contribution is -2.45. The molecule has 0 N–H and O–H groups in total. The lowest BCUT2D eigenvalue weighted by atomic mass is 10.1. The zero-order valence-electron chi connectivity index (χ0n) is 13.6. The first-order chi connectivity index (χ1) is 11.2. The van der Waals surface area contributed by atoms with Crippen molar-refractivity contribution in [3.05, 3.63) is 54.4 Å². The Bertz CT molecular complexity index is 672. The molecule has 120 valence electrons. The van der Waals surface area contributed by atoms with Crippen LogP contribution >= 0.6 is 0 Å². The van der Waals surface area contributed by atoms with Gasteiger partial charge < -0.3 is 14.7 Å². The van der Waals surface area contributed by atoms with Crippen LogP contribution in [0.15, 0.2) is 48.8 Å². The molecule has 0 radical (unpaired) electrons. The van der Waals surface area contributed by atoms with Gasteiger partial charge >= 0.3 is 0 Å². The Balaban J connectivity index is 1.87. The van der Waals surface area contributed by atoms with Crippen LogP contribution in [0.25, 0.3) is 0 Å². The summed E-state index contributed by atoms with van der Waals surface area (Å²) in [5.74, 6) is 0.0119. The average Bonchev–Trinajstić information content (AvgIpc) is 2.59. The van der Waals surface area contributed by atoms with E-state index in [0.717, 1.165) is 31.0 Å². The minimum atomic E-state index is 0.0119. The number of aromatic nitrogens is 1. The Hall–Kier alpha value is -2.40. The Morgan fingerprint density at radius 2 is 1.91 bits per heavy atom. The van der Waals surface area contributed by atoms with Gasteiger partial charge in [0.25, 0.3) is 5.91 Å². The first-order valence-electron chi connectivity index (χ1n) is 7.87. The second-order valence-electron chi connectivity index (χ2n) is 5.98. The molecule has 0 saturated carbocycles. The van der Waals surface area contributed by atoms with E-state index in [9.17, 15) is 4.79 Å². The lowest BCUT2D eigenvalue weighted by Gasteiger charge is -2.38. The van der Waals surface area contributed by atoms with Crippen molar-refractivity contribution in [3.8, 4) is 0 Å². The molecule has 0 unspecified atom stereocenters. The largest absolute Gasteiger partial charge is 0.367 e. The van der Waals surface area contributed by atoms with E-state index in [1.54, 1.807) is 18.5 Å². The Labute approximate surface area is 137 Å². The number of amides is 1. The molecule has 0 aliphatic carbocycles. The standard InChI is InChI=1S/C18H22N4O/c1-20(2)10-11-21-12-13-22(17-8-4-3-7-16(17)21)18(23)15-6-5-9-19-14-15/h3-9,14H,10-13H2,1-2H3. The molecule has 3 rings (SSSR count). The topological polar surface area (TPSA) is 39.7 Å². The van der Waals surface area contributed by atoms with Gasteiger partial charge in [-0.2, -0.15) is 0 Å². The Kier molecular flexibility index (Phi) is 4.57. The summed E-state index contributed by atoms with van der Waals surface area (Å²) < 4.78 is 0. The van der Waals surface area contributed by atoms with Crippen molar-refractivity contribution in [2.75, 3.05) is 50.1 Å². The number of nitrogens with zero attached hydrogens (tertiary/aromatic N) is 4. The predicted octanol–water partition coefficient (Wildman–Crippen LogP) is 2.11. The quantitative estimate of drug-likeness (QED) is 0.867. The number of rotatable bonds is 4. The minimum Gasteiger partial charge on any atom is -0.367 e. The number of para-hydroxylation sites is 2. The fourth-order valence-electron chi connectivity index (χ4n) is 2.83. The molecule has 0 saturated heterocycles. The maximum atomic E-state index is 12.8. The van der Waals surface area contributed by atoms with Crippen LogP contribution < -0.4 is 9.80 Å². The van der Waals surface area contributed by atoms with E-state index in [2.05, 4.69) is 34.9 Å². The molecule has 2 heterocycles. The lowest BCUT2D eigenvalue weighted by molar-refractivity contribution is 0.0986. The van der Waals surface area contributed by atoms with Crippen molar-refractivity contribution in [3.63, 3.8) is 0 Å². The number of anilines is 2. The summed E-state index contributed by atoms with van der Waals surface area (Å²) in [5.41, 5.74) is 2.73. The van der Waals surface area contributed by atoms with Gasteiger partial charge in [0.15, 0.2) is 0 Å². The van der Waals surface area contributed by atoms with Crippen molar-refractivity contribution in [2.45, 2.75) is 0 Å². The Morgan fingerprint density at radius 3 is 2.61 bits per heavy atom. The highest BCUT2D eigenvalue weighted by Gasteiger charge is 2.27. The van der Waals surface area contributed by atoms with E-state index in [1.165, 1.54) is 0 Å². The molecule has 0 spiro atoms. The van der Waals surface area contributed by atoms with Crippen molar-refractivity contribution >= 4 is 17.3 Å². The predicted molar refractivity (Wildman–Crippen MR) is 93.1 cm³/mol. The van der Waals surface area contributed by atoms with Gasteiger partial charge in [-0.1, -0.05) is 12.1 Å². The number of hydrogen-bond donors (Lipinski definition) is 0. The highest BCUT2D eigenvalue weighted by molar-refractivity contribution is 6.08. The van der Waals surface area contributed by atoms with Crippen molar-refractivity contribution in [1.29, 1.82) is 0 Å². The molecule has 1 aliphatic rings. The number of carbonyl (C=O) groups excluding carboxylic acids is 1. The summed E-state index contributed by atoms with van der Waals surface area (Å²) in [7, 11) is 4.15. The fraction of sp³-hybridized carbons (Fsp3) is 0.333. The molecule has 1 aliphatic heterocycles. The molecule has 2 aromatic rings. The van der Waals surface area contributed by atoms with Crippen LogP contribution in [0.2, 0.25) is 0 Å². The zero-order valence-corrected chi connectivity index (χ0v) is 13.6. The maximum Gasteiger partial charge on any atom is 0.259 e. The first kappa shape index (κ1) is 15.5. The van der Waals surface area contributed by atoms with Gasteiger partial charge in [0.1, 0.15) is 0 Å². The maximum absolute atomic E-state index is 12.8. The van der Waals surface area contributed by atoms with Crippen LogP contribution in [0.1, 0.15) is 10.4 Å². The number of fused-ring (bicyclic) bond motifs is 1. The SMILES string of the molecule is CN(C)CCN1CCN(C(=O)c2cccnc2)c2ccccc21. The van der Waals surface area contributed by atoms with Gasteiger partial charge in [-0.05, 0) is 38.4 Å². The highest BCUT2D eigenvalue weighted by atomic mass is 16.2. The van der Waals surface area contributed by atoms with E-state index in [-0.39, 0.29) is 5.91 Å². The van der Waals surface area contributed by atoms with Crippen molar-refractivity contribution < 1.29 is 4.79 Å². The summed E-state index contributed by atoms with van der Waals surface area (Å²) in [6.45, 7) is 3.48. The number of hydrogen-bond acceptors (Lipinski definition) is 4. The second kappa shape index (κ2) is 6.79. The summed E-state index contributed by atoms with van der Waals surface area (Å²) in [4.78, 5) is 23.2. The van der Waals surface area contributed by atoms with Gasteiger partial charge in [0.2, 0.25) is 0 Å². The molecule has 0 fully saturated rings. The summed E-state index contributed by atoms with van der Waals surface area (Å²) in [6.07, 6.45) is 3.31. The molecule has 5 heteroatoms. The molecular weight excluding hydrogens is 288 g/mol. The number of pyridine rings is 1. The number of benzene rings is 1. The summed E-state index contributed by atoms with van der Waals surface area (Å²) in [6, 6.07) is 11.7. The van der Waals surface area contributed by atoms with E-state index in [0.29, 0.717) is 12.1 Å². The highest BCUT2D eigenvalue weighted by Crippen LogP contribution is 2.33. The molecule has 1 aromatic carbocycles. The van der Waals surface area contributed by atoms with Crippen LogP contribution in [0.4, 0.5) is 11.4 Å². The number of likely N-dealkylation sites (N-methyl/N-ethyl adjacent to an activating group) is 1. The third kappa shape index (κ3) is 3.35. The Morgan fingerprint density at radius 1 is 1.13 bits per heavy atom. The monoisotopic (exact) mass is 310 g/mol. The zero-order chi connectivity index (χ0) is 16.2. The third-order valence-electron chi connectivity index (χ3n) is 4.08. The molecule has 5 nitrogen and oxygen atoms in total. The van der Waals surface area contributed by atoms with Crippen LogP contribution in [-0.2, 0) is 0 Å². The van der Waals surface area contributed by atoms with Crippen LogP contribution in [0.3, 0.4) is 0 Å². The molecule has 0 bridgehead atoms. The summed E-state index contributed by atoms with van der Waals surface area (Å²) in [5, 5.41) is 0. The van der Waals surface area contributed by atoms with Gasteiger partial charge in [0.05, 0.1) is 16.9 Å². The van der Waals surface area contributed by atoms with Gasteiger partial charge in [-0.3, -0.25) is 9.78 Å².